The van der Waals surface area contributed by atoms with Gasteiger partial charge in [-0.3, -0.25) is 20.4 Å². The zero-order valence-corrected chi connectivity index (χ0v) is 17.7. The molecule has 132 valence electrons. The van der Waals surface area contributed by atoms with Crippen molar-refractivity contribution in [1.82, 2.24) is 10.9 Å². The van der Waals surface area contributed by atoms with Crippen LogP contribution in [0.2, 0.25) is 0 Å². The van der Waals surface area contributed by atoms with Crippen LogP contribution in [0.4, 0.5) is 0 Å². The predicted octanol–water partition coefficient (Wildman–Crippen LogP) is 4.89. The maximum Gasteiger partial charge on any atom is 0.269 e. The van der Waals surface area contributed by atoms with Crippen molar-refractivity contribution in [2.45, 2.75) is 33.1 Å². The Kier molecular flexibility index (Phi) is 6.06. The second-order valence-electron chi connectivity index (χ2n) is 6.82. The maximum atomic E-state index is 12.3. The van der Waals surface area contributed by atoms with Gasteiger partial charge in [0.25, 0.3) is 11.8 Å². The standard InChI is InChI=1S/C19H20Br2N2O2/c1-11-5-6-12(9-15(11)20)17(24)22-23-18(25)13-7-8-14(16(21)10-13)19(2,3)4/h5-10H,1-4H3,(H,22,24)(H,23,25). The quantitative estimate of drug-likeness (QED) is 0.617. The van der Waals surface area contributed by atoms with Crippen LogP contribution in [0.25, 0.3) is 0 Å². The van der Waals surface area contributed by atoms with Crippen LogP contribution in [-0.4, -0.2) is 11.8 Å². The molecule has 2 aromatic rings. The van der Waals surface area contributed by atoms with E-state index in [1.54, 1.807) is 24.3 Å². The summed E-state index contributed by atoms with van der Waals surface area (Å²) in [5.74, 6) is -0.750. The minimum absolute atomic E-state index is 0.0269. The molecule has 2 amide bonds. The van der Waals surface area contributed by atoms with Gasteiger partial charge in [-0.2, -0.15) is 0 Å². The Bertz CT molecular complexity index is 827. The van der Waals surface area contributed by atoms with Crippen molar-refractivity contribution >= 4 is 43.7 Å². The average Bonchev–Trinajstić information content (AvgIpc) is 2.53. The van der Waals surface area contributed by atoms with Gasteiger partial charge in [0.05, 0.1) is 0 Å². The van der Waals surface area contributed by atoms with Crippen LogP contribution in [0.3, 0.4) is 0 Å². The summed E-state index contributed by atoms with van der Waals surface area (Å²) in [5.41, 5.74) is 7.91. The van der Waals surface area contributed by atoms with Crippen LogP contribution in [-0.2, 0) is 5.41 Å². The smallest absolute Gasteiger partial charge is 0.267 e. The zero-order chi connectivity index (χ0) is 18.8. The highest BCUT2D eigenvalue weighted by Crippen LogP contribution is 2.30. The van der Waals surface area contributed by atoms with Crippen LogP contribution in [0, 0.1) is 6.92 Å². The molecule has 0 aliphatic heterocycles. The van der Waals surface area contributed by atoms with Crippen molar-refractivity contribution in [3.63, 3.8) is 0 Å². The summed E-state index contributed by atoms with van der Waals surface area (Å²) in [4.78, 5) is 24.4. The van der Waals surface area contributed by atoms with Gasteiger partial charge in [0.1, 0.15) is 0 Å². The second kappa shape index (κ2) is 7.70. The Morgan fingerprint density at radius 3 is 1.76 bits per heavy atom. The lowest BCUT2D eigenvalue weighted by atomic mass is 9.86. The van der Waals surface area contributed by atoms with Crippen LogP contribution >= 0.6 is 31.9 Å². The number of halogens is 2. The minimum Gasteiger partial charge on any atom is -0.267 e. The van der Waals surface area contributed by atoms with E-state index in [2.05, 4.69) is 63.5 Å². The lowest BCUT2D eigenvalue weighted by Gasteiger charge is -2.21. The van der Waals surface area contributed by atoms with Gasteiger partial charge in [0.2, 0.25) is 0 Å². The molecule has 0 saturated carbocycles. The molecule has 0 radical (unpaired) electrons. The molecular weight excluding hydrogens is 448 g/mol. The first-order valence-electron chi connectivity index (χ1n) is 7.76. The molecule has 0 fully saturated rings. The first-order valence-corrected chi connectivity index (χ1v) is 9.35. The highest BCUT2D eigenvalue weighted by molar-refractivity contribution is 9.10. The summed E-state index contributed by atoms with van der Waals surface area (Å²) >= 11 is 6.90. The molecule has 4 nitrogen and oxygen atoms in total. The van der Waals surface area contributed by atoms with Gasteiger partial charge in [-0.25, -0.2) is 0 Å². The maximum absolute atomic E-state index is 12.3. The van der Waals surface area contributed by atoms with Crippen LogP contribution in [0.1, 0.15) is 52.6 Å². The summed E-state index contributed by atoms with van der Waals surface area (Å²) in [6, 6.07) is 10.7. The first-order chi connectivity index (χ1) is 11.6. The van der Waals surface area contributed by atoms with Crippen molar-refractivity contribution in [3.8, 4) is 0 Å². The highest BCUT2D eigenvalue weighted by atomic mass is 79.9. The lowest BCUT2D eigenvalue weighted by Crippen LogP contribution is -2.41. The van der Waals surface area contributed by atoms with E-state index < -0.39 is 0 Å². The molecule has 6 heteroatoms. The van der Waals surface area contributed by atoms with Gasteiger partial charge in [0.15, 0.2) is 0 Å². The summed E-state index contributed by atoms with van der Waals surface area (Å²) < 4.78 is 1.70. The summed E-state index contributed by atoms with van der Waals surface area (Å²) in [7, 11) is 0. The monoisotopic (exact) mass is 466 g/mol. The van der Waals surface area contributed by atoms with E-state index in [1.807, 2.05) is 19.1 Å². The van der Waals surface area contributed by atoms with E-state index >= 15 is 0 Å². The number of aryl methyl sites for hydroxylation is 1. The third-order valence-corrected chi connectivity index (χ3v) is 5.27. The molecule has 2 N–H and O–H groups in total. The molecule has 0 heterocycles. The lowest BCUT2D eigenvalue weighted by molar-refractivity contribution is 0.0846. The van der Waals surface area contributed by atoms with E-state index in [0.717, 1.165) is 20.1 Å². The number of hydrogen-bond donors (Lipinski definition) is 2. The normalized spacial score (nSPS) is 11.1. The Morgan fingerprint density at radius 1 is 0.840 bits per heavy atom. The first kappa shape index (κ1) is 19.7. The summed E-state index contributed by atoms with van der Waals surface area (Å²) in [5, 5.41) is 0. The molecule has 25 heavy (non-hydrogen) atoms. The van der Waals surface area contributed by atoms with Gasteiger partial charge in [-0.05, 0) is 47.7 Å². The number of nitrogens with one attached hydrogen (secondary N) is 2. The topological polar surface area (TPSA) is 58.2 Å². The Hall–Kier alpha value is -1.66. The van der Waals surface area contributed by atoms with E-state index in [1.165, 1.54) is 0 Å². The van der Waals surface area contributed by atoms with Crippen molar-refractivity contribution in [2.75, 3.05) is 0 Å². The largest absolute Gasteiger partial charge is 0.269 e. The number of hydrazine groups is 1. The molecule has 2 aromatic carbocycles. The average molecular weight is 468 g/mol. The van der Waals surface area contributed by atoms with Gasteiger partial charge < -0.3 is 0 Å². The van der Waals surface area contributed by atoms with Gasteiger partial charge in [-0.1, -0.05) is 64.8 Å². The minimum atomic E-state index is -0.376. The number of benzene rings is 2. The number of rotatable bonds is 2. The third kappa shape index (κ3) is 4.92. The fraction of sp³-hybridized carbons (Fsp3) is 0.263. The number of hydrogen-bond acceptors (Lipinski definition) is 2. The predicted molar refractivity (Wildman–Crippen MR) is 107 cm³/mol. The molecule has 0 aliphatic rings. The van der Waals surface area contributed by atoms with Crippen molar-refractivity contribution in [1.29, 1.82) is 0 Å². The highest BCUT2D eigenvalue weighted by Gasteiger charge is 2.18. The molecule has 0 bridgehead atoms. The third-order valence-electron chi connectivity index (χ3n) is 3.76. The molecule has 0 unspecified atom stereocenters. The summed E-state index contributed by atoms with van der Waals surface area (Å²) in [6.07, 6.45) is 0. The van der Waals surface area contributed by atoms with E-state index in [0.29, 0.717) is 11.1 Å². The Labute approximate surface area is 164 Å². The van der Waals surface area contributed by atoms with Gasteiger partial charge >= 0.3 is 0 Å². The zero-order valence-electron chi connectivity index (χ0n) is 14.5. The molecule has 0 atom stereocenters. The molecular formula is C19H20Br2N2O2. The molecule has 0 aliphatic carbocycles. The number of carbonyl (C=O) groups is 2. The molecule has 0 aromatic heterocycles. The van der Waals surface area contributed by atoms with Crippen molar-refractivity contribution in [3.05, 3.63) is 67.6 Å². The SMILES string of the molecule is Cc1ccc(C(=O)NNC(=O)c2ccc(C(C)(C)C)c(Br)c2)cc1Br. The molecule has 0 saturated heterocycles. The molecule has 0 spiro atoms. The van der Waals surface area contributed by atoms with Crippen LogP contribution < -0.4 is 10.9 Å². The van der Waals surface area contributed by atoms with E-state index in [4.69, 9.17) is 0 Å². The molecule has 2 rings (SSSR count). The van der Waals surface area contributed by atoms with E-state index in [9.17, 15) is 9.59 Å². The van der Waals surface area contributed by atoms with Gasteiger partial charge in [-0.15, -0.1) is 0 Å². The second-order valence-corrected chi connectivity index (χ2v) is 8.53. The number of carbonyl (C=O) groups excluding carboxylic acids is 2. The summed E-state index contributed by atoms with van der Waals surface area (Å²) in [6.45, 7) is 8.25. The van der Waals surface area contributed by atoms with Crippen molar-refractivity contribution < 1.29 is 9.59 Å². The van der Waals surface area contributed by atoms with Gasteiger partial charge in [0, 0.05) is 20.1 Å². The van der Waals surface area contributed by atoms with Crippen LogP contribution in [0.5, 0.6) is 0 Å². The fourth-order valence-electron chi connectivity index (χ4n) is 2.26. The Morgan fingerprint density at radius 2 is 1.32 bits per heavy atom. The fourth-order valence-corrected chi connectivity index (χ4v) is 3.61. The van der Waals surface area contributed by atoms with Crippen molar-refractivity contribution in [2.24, 2.45) is 0 Å². The Balaban J connectivity index is 2.06. The van der Waals surface area contributed by atoms with Crippen LogP contribution in [0.15, 0.2) is 45.3 Å². The van der Waals surface area contributed by atoms with E-state index in [-0.39, 0.29) is 17.2 Å². The number of amides is 2.